The topological polar surface area (TPSA) is 71.0 Å². The summed E-state index contributed by atoms with van der Waals surface area (Å²) in [5, 5.41) is 6.74. The molecule has 1 saturated heterocycles. The van der Waals surface area contributed by atoms with Crippen molar-refractivity contribution in [2.45, 2.75) is 84.2 Å². The van der Waals surface area contributed by atoms with Gasteiger partial charge < -0.3 is 25.0 Å². The lowest BCUT2D eigenvalue weighted by molar-refractivity contribution is -0.00546. The molecule has 0 aromatic carbocycles. The van der Waals surface area contributed by atoms with E-state index in [-0.39, 0.29) is 12.2 Å². The summed E-state index contributed by atoms with van der Waals surface area (Å²) < 4.78 is 11.8. The molecule has 1 aliphatic heterocycles. The van der Waals surface area contributed by atoms with Gasteiger partial charge in [-0.15, -0.1) is 0 Å². The van der Waals surface area contributed by atoms with E-state index in [9.17, 15) is 0 Å². The molecule has 0 amide bonds. The van der Waals surface area contributed by atoms with E-state index in [1.54, 1.807) is 0 Å². The molecule has 7 heteroatoms. The molecule has 2 heterocycles. The monoisotopic (exact) mass is 431 g/mol. The smallest absolute Gasteiger partial charge is 0.191 e. The highest BCUT2D eigenvalue weighted by atomic mass is 16.5. The predicted molar refractivity (Wildman–Crippen MR) is 127 cm³/mol. The number of anilines is 1. The van der Waals surface area contributed by atoms with Gasteiger partial charge in [0.1, 0.15) is 5.82 Å². The maximum absolute atomic E-state index is 6.01. The van der Waals surface area contributed by atoms with Gasteiger partial charge in [-0.25, -0.2) is 9.98 Å². The molecule has 1 aliphatic carbocycles. The number of ether oxygens (including phenoxy) is 2. The van der Waals surface area contributed by atoms with Crippen molar-refractivity contribution < 1.29 is 9.47 Å². The number of aliphatic imine (C=N–C) groups is 1. The zero-order valence-corrected chi connectivity index (χ0v) is 19.6. The highest BCUT2D eigenvalue weighted by molar-refractivity contribution is 5.79. The van der Waals surface area contributed by atoms with Gasteiger partial charge in [0.2, 0.25) is 0 Å². The minimum atomic E-state index is 0.233. The van der Waals surface area contributed by atoms with Gasteiger partial charge in [-0.1, -0.05) is 25.3 Å². The third-order valence-electron chi connectivity index (χ3n) is 5.84. The van der Waals surface area contributed by atoms with Crippen molar-refractivity contribution in [3.8, 4) is 0 Å². The third kappa shape index (κ3) is 8.30. The van der Waals surface area contributed by atoms with Crippen LogP contribution in [0.5, 0.6) is 0 Å². The van der Waals surface area contributed by atoms with Gasteiger partial charge in [0.05, 0.1) is 24.9 Å². The van der Waals surface area contributed by atoms with Crippen molar-refractivity contribution in [3.63, 3.8) is 0 Å². The molecule has 3 rings (SSSR count). The van der Waals surface area contributed by atoms with E-state index >= 15 is 0 Å². The molecule has 2 atom stereocenters. The Morgan fingerprint density at radius 3 is 2.61 bits per heavy atom. The van der Waals surface area contributed by atoms with Crippen LogP contribution < -0.4 is 15.5 Å². The quantitative estimate of drug-likeness (QED) is 0.354. The molecule has 1 aromatic heterocycles. The van der Waals surface area contributed by atoms with Gasteiger partial charge in [0.15, 0.2) is 5.96 Å². The van der Waals surface area contributed by atoms with Crippen LogP contribution >= 0.6 is 0 Å². The molecule has 0 radical (unpaired) electrons. The molecule has 2 fully saturated rings. The summed E-state index contributed by atoms with van der Waals surface area (Å²) >= 11 is 0. The largest absolute Gasteiger partial charge is 0.378 e. The molecule has 2 unspecified atom stereocenters. The molecule has 1 saturated carbocycles. The van der Waals surface area contributed by atoms with Crippen molar-refractivity contribution in [3.05, 3.63) is 23.9 Å². The molecular weight excluding hydrogens is 390 g/mol. The Kier molecular flexibility index (Phi) is 9.87. The zero-order valence-electron chi connectivity index (χ0n) is 19.6. The standard InChI is InChI=1S/C24H41N5O2/c1-4-25-24(26-13-8-14-30-22-9-6-5-7-10-22)28-16-21-11-12-23(27-15-21)29-17-19(2)31-20(3)18-29/h11-12,15,19-20,22H,4-10,13-14,16-18H2,1-3H3,(H2,25,26,28). The zero-order chi connectivity index (χ0) is 21.9. The summed E-state index contributed by atoms with van der Waals surface area (Å²) in [5.74, 6) is 1.86. The molecular formula is C24H41N5O2. The van der Waals surface area contributed by atoms with Crippen molar-refractivity contribution in [2.75, 3.05) is 37.7 Å². The lowest BCUT2D eigenvalue weighted by atomic mass is 9.98. The highest BCUT2D eigenvalue weighted by Gasteiger charge is 2.22. The summed E-state index contributed by atoms with van der Waals surface area (Å²) in [7, 11) is 0. The normalized spacial score (nSPS) is 23.1. The fourth-order valence-electron chi connectivity index (χ4n) is 4.34. The first kappa shape index (κ1) is 23.8. The van der Waals surface area contributed by atoms with Gasteiger partial charge in [-0.2, -0.15) is 0 Å². The average molecular weight is 432 g/mol. The Balaban J connectivity index is 1.41. The average Bonchev–Trinajstić information content (AvgIpc) is 2.77. The number of nitrogens with zero attached hydrogens (tertiary/aromatic N) is 3. The molecule has 174 valence electrons. The van der Waals surface area contributed by atoms with Crippen LogP contribution in [-0.4, -0.2) is 62.0 Å². The maximum atomic E-state index is 6.01. The van der Waals surface area contributed by atoms with Crippen LogP contribution in [0, 0.1) is 0 Å². The second-order valence-electron chi connectivity index (χ2n) is 8.79. The van der Waals surface area contributed by atoms with E-state index in [1.807, 2.05) is 6.20 Å². The second kappa shape index (κ2) is 12.9. The van der Waals surface area contributed by atoms with Crippen molar-refractivity contribution in [1.82, 2.24) is 15.6 Å². The first-order chi connectivity index (χ1) is 15.1. The SMILES string of the molecule is CCNC(=NCc1ccc(N2CC(C)OC(C)C2)nc1)NCCCOC1CCCCC1. The van der Waals surface area contributed by atoms with E-state index in [0.29, 0.717) is 12.6 Å². The van der Waals surface area contributed by atoms with Gasteiger partial charge >= 0.3 is 0 Å². The van der Waals surface area contributed by atoms with Crippen LogP contribution in [-0.2, 0) is 16.0 Å². The number of hydrogen-bond donors (Lipinski definition) is 2. The van der Waals surface area contributed by atoms with Crippen LogP contribution in [0.4, 0.5) is 5.82 Å². The van der Waals surface area contributed by atoms with Crippen LogP contribution in [0.3, 0.4) is 0 Å². The lowest BCUT2D eigenvalue weighted by Gasteiger charge is -2.36. The van der Waals surface area contributed by atoms with Crippen LogP contribution in [0.2, 0.25) is 0 Å². The van der Waals surface area contributed by atoms with Crippen molar-refractivity contribution in [2.24, 2.45) is 4.99 Å². The van der Waals surface area contributed by atoms with E-state index in [1.165, 1.54) is 32.1 Å². The van der Waals surface area contributed by atoms with Gasteiger partial charge in [0.25, 0.3) is 0 Å². The van der Waals surface area contributed by atoms with E-state index in [4.69, 9.17) is 14.5 Å². The van der Waals surface area contributed by atoms with Gasteiger partial charge in [-0.3, -0.25) is 0 Å². The molecule has 2 N–H and O–H groups in total. The number of hydrogen-bond acceptors (Lipinski definition) is 5. The molecule has 1 aromatic rings. The summed E-state index contributed by atoms with van der Waals surface area (Å²) in [6.07, 6.45) is 10.3. The molecule has 7 nitrogen and oxygen atoms in total. The second-order valence-corrected chi connectivity index (χ2v) is 8.79. The van der Waals surface area contributed by atoms with Crippen molar-refractivity contribution in [1.29, 1.82) is 0 Å². The Labute approximate surface area is 188 Å². The summed E-state index contributed by atoms with van der Waals surface area (Å²) in [6.45, 7) is 11.2. The number of morpholine rings is 1. The maximum Gasteiger partial charge on any atom is 0.191 e. The van der Waals surface area contributed by atoms with E-state index in [2.05, 4.69) is 53.4 Å². The minimum Gasteiger partial charge on any atom is -0.378 e. The Morgan fingerprint density at radius 2 is 1.94 bits per heavy atom. The Morgan fingerprint density at radius 1 is 1.16 bits per heavy atom. The van der Waals surface area contributed by atoms with Gasteiger partial charge in [0, 0.05) is 39.0 Å². The highest BCUT2D eigenvalue weighted by Crippen LogP contribution is 2.20. The number of guanidine groups is 1. The fourth-order valence-corrected chi connectivity index (χ4v) is 4.34. The van der Waals surface area contributed by atoms with Gasteiger partial charge in [-0.05, 0) is 51.7 Å². The van der Waals surface area contributed by atoms with E-state index in [0.717, 1.165) is 56.5 Å². The first-order valence-electron chi connectivity index (χ1n) is 12.1. The van der Waals surface area contributed by atoms with Crippen LogP contribution in [0.1, 0.15) is 64.9 Å². The number of rotatable bonds is 9. The lowest BCUT2D eigenvalue weighted by Crippen LogP contribution is -2.45. The summed E-state index contributed by atoms with van der Waals surface area (Å²) in [4.78, 5) is 11.7. The summed E-state index contributed by atoms with van der Waals surface area (Å²) in [5.41, 5.74) is 1.11. The fraction of sp³-hybridized carbons (Fsp3) is 0.750. The van der Waals surface area contributed by atoms with Crippen molar-refractivity contribution >= 4 is 11.8 Å². The minimum absolute atomic E-state index is 0.233. The summed E-state index contributed by atoms with van der Waals surface area (Å²) in [6, 6.07) is 4.22. The molecule has 2 aliphatic rings. The first-order valence-corrected chi connectivity index (χ1v) is 12.1. The van der Waals surface area contributed by atoms with Crippen LogP contribution in [0.15, 0.2) is 23.3 Å². The predicted octanol–water partition coefficient (Wildman–Crippen LogP) is 3.49. The number of nitrogens with one attached hydrogen (secondary N) is 2. The number of aromatic nitrogens is 1. The molecule has 0 bridgehead atoms. The third-order valence-corrected chi connectivity index (χ3v) is 5.84. The Bertz CT molecular complexity index is 650. The Hall–Kier alpha value is -1.86. The van der Waals surface area contributed by atoms with Crippen LogP contribution in [0.25, 0.3) is 0 Å². The number of pyridine rings is 1. The molecule has 31 heavy (non-hydrogen) atoms. The van der Waals surface area contributed by atoms with E-state index < -0.39 is 0 Å². The molecule has 0 spiro atoms.